The molecular formula is C20H17NO. The van der Waals surface area contributed by atoms with Crippen LogP contribution in [0.1, 0.15) is 22.7 Å². The van der Waals surface area contributed by atoms with Crippen LogP contribution in [-0.4, -0.2) is 18.2 Å². The molecule has 1 atom stereocenters. The monoisotopic (exact) mass is 287 g/mol. The van der Waals surface area contributed by atoms with Crippen LogP contribution in [0, 0.1) is 0 Å². The van der Waals surface area contributed by atoms with Crippen LogP contribution in [0.2, 0.25) is 0 Å². The van der Waals surface area contributed by atoms with Gasteiger partial charge in [-0.3, -0.25) is 4.90 Å². The quantitative estimate of drug-likeness (QED) is 0.616. The lowest BCUT2D eigenvalue weighted by Gasteiger charge is -2.41. The van der Waals surface area contributed by atoms with E-state index in [2.05, 4.69) is 65.6 Å². The molecule has 3 aromatic carbocycles. The Morgan fingerprint density at radius 2 is 1.77 bits per heavy atom. The van der Waals surface area contributed by atoms with E-state index in [1.807, 2.05) is 0 Å². The summed E-state index contributed by atoms with van der Waals surface area (Å²) in [6, 6.07) is 22.1. The highest BCUT2D eigenvalue weighted by Crippen LogP contribution is 2.45. The molecule has 0 saturated carbocycles. The van der Waals surface area contributed by atoms with E-state index in [4.69, 9.17) is 4.74 Å². The van der Waals surface area contributed by atoms with Crippen LogP contribution in [0.15, 0.2) is 60.7 Å². The summed E-state index contributed by atoms with van der Waals surface area (Å²) >= 11 is 0. The van der Waals surface area contributed by atoms with Crippen LogP contribution in [-0.2, 0) is 6.42 Å². The Balaban J connectivity index is 1.83. The van der Waals surface area contributed by atoms with Crippen LogP contribution in [0.4, 0.5) is 0 Å². The van der Waals surface area contributed by atoms with Gasteiger partial charge in [-0.05, 0) is 34.4 Å². The smallest absolute Gasteiger partial charge is 0.142 e. The fourth-order valence-corrected chi connectivity index (χ4v) is 3.93. The molecule has 0 aliphatic carbocycles. The molecule has 2 aliphatic rings. The SMILES string of the molecule is c1ccc2c(c1)CCN1COc3ccc4ccccc4c3C21. The molecule has 0 radical (unpaired) electrons. The summed E-state index contributed by atoms with van der Waals surface area (Å²) in [5, 5.41) is 2.60. The number of benzene rings is 3. The first-order valence-electron chi connectivity index (χ1n) is 7.88. The maximum atomic E-state index is 6.04. The summed E-state index contributed by atoms with van der Waals surface area (Å²) in [4.78, 5) is 2.46. The first-order chi connectivity index (χ1) is 10.9. The van der Waals surface area contributed by atoms with Crippen molar-refractivity contribution >= 4 is 10.8 Å². The number of fused-ring (bicyclic) bond motifs is 7. The first-order valence-corrected chi connectivity index (χ1v) is 7.88. The van der Waals surface area contributed by atoms with Crippen molar-refractivity contribution in [2.75, 3.05) is 13.3 Å². The van der Waals surface area contributed by atoms with E-state index in [-0.39, 0.29) is 0 Å². The highest BCUT2D eigenvalue weighted by atomic mass is 16.5. The van der Waals surface area contributed by atoms with Crippen LogP contribution < -0.4 is 4.74 Å². The van der Waals surface area contributed by atoms with Crippen LogP contribution >= 0.6 is 0 Å². The van der Waals surface area contributed by atoms with Crippen molar-refractivity contribution in [1.82, 2.24) is 4.90 Å². The average molecular weight is 287 g/mol. The Morgan fingerprint density at radius 3 is 2.77 bits per heavy atom. The third-order valence-corrected chi connectivity index (χ3v) is 4.97. The normalized spacial score (nSPS) is 19.9. The van der Waals surface area contributed by atoms with E-state index in [0.29, 0.717) is 12.8 Å². The fourth-order valence-electron chi connectivity index (χ4n) is 3.93. The molecule has 0 aromatic heterocycles. The Labute approximate surface area is 129 Å². The summed E-state index contributed by atoms with van der Waals surface area (Å²) in [5.74, 6) is 1.04. The highest BCUT2D eigenvalue weighted by molar-refractivity contribution is 5.89. The molecule has 2 nitrogen and oxygen atoms in total. The Morgan fingerprint density at radius 1 is 0.909 bits per heavy atom. The zero-order valence-electron chi connectivity index (χ0n) is 12.3. The second-order valence-corrected chi connectivity index (χ2v) is 6.14. The molecule has 5 rings (SSSR count). The fraction of sp³-hybridized carbons (Fsp3) is 0.200. The van der Waals surface area contributed by atoms with Gasteiger partial charge >= 0.3 is 0 Å². The minimum absolute atomic E-state index is 0.319. The number of ether oxygens (including phenoxy) is 1. The van der Waals surface area contributed by atoms with Crippen molar-refractivity contribution < 1.29 is 4.74 Å². The zero-order chi connectivity index (χ0) is 14.5. The second-order valence-electron chi connectivity index (χ2n) is 6.14. The lowest BCUT2D eigenvalue weighted by Crippen LogP contribution is -2.41. The summed E-state index contributed by atoms with van der Waals surface area (Å²) in [5.41, 5.74) is 4.25. The molecule has 0 fully saturated rings. The lowest BCUT2D eigenvalue weighted by atomic mass is 9.85. The molecule has 0 spiro atoms. The standard InChI is InChI=1S/C20H17NO/c1-3-7-16-14(5-1)9-10-18-19(16)20-17-8-4-2-6-15(17)11-12-21(20)13-22-18/h1-10,20H,11-13H2. The molecule has 0 N–H and O–H groups in total. The van der Waals surface area contributed by atoms with E-state index >= 15 is 0 Å². The average Bonchev–Trinajstić information content (AvgIpc) is 2.60. The minimum Gasteiger partial charge on any atom is -0.478 e. The van der Waals surface area contributed by atoms with Gasteiger partial charge in [0.05, 0.1) is 6.04 Å². The largest absolute Gasteiger partial charge is 0.478 e. The predicted octanol–water partition coefficient (Wildman–Crippen LogP) is 4.14. The van der Waals surface area contributed by atoms with Crippen molar-refractivity contribution in [2.24, 2.45) is 0 Å². The van der Waals surface area contributed by atoms with E-state index < -0.39 is 0 Å². The van der Waals surface area contributed by atoms with E-state index in [0.717, 1.165) is 18.7 Å². The molecule has 1 unspecified atom stereocenters. The Bertz CT molecular complexity index is 870. The number of nitrogens with zero attached hydrogens (tertiary/aromatic N) is 1. The van der Waals surface area contributed by atoms with Gasteiger partial charge in [0.1, 0.15) is 12.5 Å². The summed E-state index contributed by atoms with van der Waals surface area (Å²) in [6.07, 6.45) is 1.11. The van der Waals surface area contributed by atoms with Gasteiger partial charge in [0.2, 0.25) is 0 Å². The molecular weight excluding hydrogens is 270 g/mol. The summed E-state index contributed by atoms with van der Waals surface area (Å²) in [6.45, 7) is 1.74. The predicted molar refractivity (Wildman–Crippen MR) is 88.1 cm³/mol. The minimum atomic E-state index is 0.319. The molecule has 108 valence electrons. The topological polar surface area (TPSA) is 12.5 Å². The van der Waals surface area contributed by atoms with Gasteiger partial charge in [-0.25, -0.2) is 0 Å². The molecule has 3 aromatic rings. The van der Waals surface area contributed by atoms with E-state index in [1.54, 1.807) is 0 Å². The van der Waals surface area contributed by atoms with Crippen molar-refractivity contribution in [2.45, 2.75) is 12.5 Å². The van der Waals surface area contributed by atoms with Gasteiger partial charge in [-0.1, -0.05) is 54.6 Å². The maximum Gasteiger partial charge on any atom is 0.142 e. The third kappa shape index (κ3) is 1.65. The number of rotatable bonds is 0. The van der Waals surface area contributed by atoms with Gasteiger partial charge in [-0.15, -0.1) is 0 Å². The molecule has 2 heteroatoms. The second kappa shape index (κ2) is 4.59. The maximum absolute atomic E-state index is 6.04. The van der Waals surface area contributed by atoms with Crippen molar-refractivity contribution in [3.63, 3.8) is 0 Å². The first kappa shape index (κ1) is 12.2. The lowest BCUT2D eigenvalue weighted by molar-refractivity contribution is 0.0687. The molecule has 2 aliphatic heterocycles. The molecule has 2 heterocycles. The van der Waals surface area contributed by atoms with Crippen LogP contribution in [0.5, 0.6) is 5.75 Å². The van der Waals surface area contributed by atoms with Crippen LogP contribution in [0.25, 0.3) is 10.8 Å². The highest BCUT2D eigenvalue weighted by Gasteiger charge is 2.35. The van der Waals surface area contributed by atoms with Crippen LogP contribution in [0.3, 0.4) is 0 Å². The van der Waals surface area contributed by atoms with Gasteiger partial charge in [0.15, 0.2) is 0 Å². The summed E-state index contributed by atoms with van der Waals surface area (Å²) in [7, 11) is 0. The van der Waals surface area contributed by atoms with Gasteiger partial charge in [-0.2, -0.15) is 0 Å². The molecule has 22 heavy (non-hydrogen) atoms. The van der Waals surface area contributed by atoms with Gasteiger partial charge in [0, 0.05) is 12.1 Å². The molecule has 0 amide bonds. The van der Waals surface area contributed by atoms with Gasteiger partial charge in [0.25, 0.3) is 0 Å². The summed E-state index contributed by atoms with van der Waals surface area (Å²) < 4.78 is 6.04. The Kier molecular flexibility index (Phi) is 2.55. The molecule has 0 bridgehead atoms. The molecule has 0 saturated heterocycles. The van der Waals surface area contributed by atoms with E-state index in [9.17, 15) is 0 Å². The number of hydrogen-bond acceptors (Lipinski definition) is 2. The van der Waals surface area contributed by atoms with Crippen molar-refractivity contribution in [3.8, 4) is 5.75 Å². The van der Waals surface area contributed by atoms with Gasteiger partial charge < -0.3 is 4.74 Å². The third-order valence-electron chi connectivity index (χ3n) is 4.97. The number of hydrogen-bond donors (Lipinski definition) is 0. The zero-order valence-corrected chi connectivity index (χ0v) is 12.3. The van der Waals surface area contributed by atoms with Crippen molar-refractivity contribution in [1.29, 1.82) is 0 Å². The van der Waals surface area contributed by atoms with Crippen molar-refractivity contribution in [3.05, 3.63) is 77.4 Å². The Hall–Kier alpha value is -2.32. The van der Waals surface area contributed by atoms with E-state index in [1.165, 1.54) is 27.5 Å².